The van der Waals surface area contributed by atoms with E-state index < -0.39 is 21.5 Å². The van der Waals surface area contributed by atoms with Crippen molar-refractivity contribution in [2.24, 2.45) is 0 Å². The molecule has 2 rings (SSSR count). The summed E-state index contributed by atoms with van der Waals surface area (Å²) in [5, 5.41) is 2.50. The molecule has 0 aromatic heterocycles. The lowest BCUT2D eigenvalue weighted by Gasteiger charge is -2.11. The molecule has 7 heteroatoms. The number of carbonyl (C=O) groups excluding carboxylic acids is 1. The van der Waals surface area contributed by atoms with Gasteiger partial charge < -0.3 is 14.8 Å². The molecule has 146 valence electrons. The van der Waals surface area contributed by atoms with Crippen LogP contribution in [0.2, 0.25) is 0 Å². The Morgan fingerprint density at radius 3 is 2.26 bits per heavy atom. The highest BCUT2D eigenvalue weighted by Gasteiger charge is 2.17. The number of methoxy groups -OCH3 is 1. The third-order valence-electron chi connectivity index (χ3n) is 3.86. The summed E-state index contributed by atoms with van der Waals surface area (Å²) < 4.78 is 35.2. The van der Waals surface area contributed by atoms with Gasteiger partial charge in [-0.3, -0.25) is 4.79 Å². The molecule has 0 saturated carbocycles. The Balaban J connectivity index is 2.15. The van der Waals surface area contributed by atoms with E-state index in [4.69, 9.17) is 9.47 Å². The standard InChI is InChI=1S/C20H25NO5S/c1-4-21-20(22)14-27(23,24)13-15-6-8-16(9-7-15)17-10-11-18(25-3)19(12-17)26-5-2/h6-12H,4-5,13-14H2,1-3H3,(H,21,22). The first-order chi connectivity index (χ1) is 12.9. The molecule has 0 radical (unpaired) electrons. The summed E-state index contributed by atoms with van der Waals surface area (Å²) in [5.74, 6) is 0.172. The van der Waals surface area contributed by atoms with Gasteiger partial charge in [0.05, 0.1) is 19.5 Å². The van der Waals surface area contributed by atoms with Crippen LogP contribution in [0.1, 0.15) is 19.4 Å². The molecule has 0 atom stereocenters. The van der Waals surface area contributed by atoms with Crippen LogP contribution in [-0.4, -0.2) is 40.3 Å². The summed E-state index contributed by atoms with van der Waals surface area (Å²) in [6, 6.07) is 12.9. The van der Waals surface area contributed by atoms with E-state index >= 15 is 0 Å². The van der Waals surface area contributed by atoms with Gasteiger partial charge in [0.25, 0.3) is 0 Å². The summed E-state index contributed by atoms with van der Waals surface area (Å²) >= 11 is 0. The van der Waals surface area contributed by atoms with Crippen LogP contribution in [0.3, 0.4) is 0 Å². The van der Waals surface area contributed by atoms with Crippen LogP contribution in [0.15, 0.2) is 42.5 Å². The molecule has 0 saturated heterocycles. The first kappa shape index (κ1) is 20.8. The number of sulfone groups is 1. The highest BCUT2D eigenvalue weighted by atomic mass is 32.2. The fraction of sp³-hybridized carbons (Fsp3) is 0.350. The maximum Gasteiger partial charge on any atom is 0.235 e. The molecule has 6 nitrogen and oxygen atoms in total. The molecule has 0 aliphatic heterocycles. The van der Waals surface area contributed by atoms with Gasteiger partial charge in [0, 0.05) is 6.54 Å². The Morgan fingerprint density at radius 1 is 1.00 bits per heavy atom. The molecule has 0 bridgehead atoms. The maximum atomic E-state index is 12.1. The van der Waals surface area contributed by atoms with Crippen molar-refractivity contribution in [1.82, 2.24) is 5.32 Å². The van der Waals surface area contributed by atoms with Gasteiger partial charge in [-0.25, -0.2) is 8.42 Å². The van der Waals surface area contributed by atoms with Crippen LogP contribution in [-0.2, 0) is 20.4 Å². The molecule has 0 heterocycles. The lowest BCUT2D eigenvalue weighted by Crippen LogP contribution is -2.30. The van der Waals surface area contributed by atoms with Gasteiger partial charge in [0.15, 0.2) is 21.3 Å². The molecule has 0 spiro atoms. The van der Waals surface area contributed by atoms with Gasteiger partial charge in [-0.2, -0.15) is 0 Å². The molecular weight excluding hydrogens is 366 g/mol. The number of benzene rings is 2. The molecule has 2 aromatic carbocycles. The Morgan fingerprint density at radius 2 is 1.67 bits per heavy atom. The lowest BCUT2D eigenvalue weighted by molar-refractivity contribution is -0.118. The first-order valence-electron chi connectivity index (χ1n) is 8.75. The van der Waals surface area contributed by atoms with Crippen molar-refractivity contribution in [3.63, 3.8) is 0 Å². The number of rotatable bonds is 9. The van der Waals surface area contributed by atoms with E-state index in [2.05, 4.69) is 5.32 Å². The average Bonchev–Trinajstić information content (AvgIpc) is 2.62. The Labute approximate surface area is 160 Å². The third-order valence-corrected chi connectivity index (χ3v) is 5.34. The Hall–Kier alpha value is -2.54. The molecule has 0 aliphatic carbocycles. The second-order valence-corrected chi connectivity index (χ2v) is 8.05. The van der Waals surface area contributed by atoms with Crippen LogP contribution in [0.5, 0.6) is 11.5 Å². The summed E-state index contributed by atoms with van der Waals surface area (Å²) in [5.41, 5.74) is 2.51. The van der Waals surface area contributed by atoms with E-state index in [1.54, 1.807) is 26.2 Å². The van der Waals surface area contributed by atoms with Gasteiger partial charge in [-0.05, 0) is 42.7 Å². The van der Waals surface area contributed by atoms with Gasteiger partial charge in [-0.15, -0.1) is 0 Å². The van der Waals surface area contributed by atoms with E-state index in [9.17, 15) is 13.2 Å². The van der Waals surface area contributed by atoms with Crippen LogP contribution >= 0.6 is 0 Å². The van der Waals surface area contributed by atoms with Gasteiger partial charge >= 0.3 is 0 Å². The smallest absolute Gasteiger partial charge is 0.235 e. The largest absolute Gasteiger partial charge is 0.493 e. The minimum absolute atomic E-state index is 0.169. The summed E-state index contributed by atoms with van der Waals surface area (Å²) in [7, 11) is -1.91. The van der Waals surface area contributed by atoms with Crippen LogP contribution in [0, 0.1) is 0 Å². The zero-order valence-electron chi connectivity index (χ0n) is 15.8. The zero-order chi connectivity index (χ0) is 19.9. The summed E-state index contributed by atoms with van der Waals surface area (Å²) in [6.07, 6.45) is 0. The Kier molecular flexibility index (Phi) is 7.24. The minimum atomic E-state index is -3.51. The normalized spacial score (nSPS) is 11.1. The van der Waals surface area contributed by atoms with E-state index in [1.807, 2.05) is 37.3 Å². The fourth-order valence-corrected chi connectivity index (χ4v) is 3.97. The minimum Gasteiger partial charge on any atom is -0.493 e. The molecule has 0 fully saturated rings. The number of amides is 1. The lowest BCUT2D eigenvalue weighted by atomic mass is 10.0. The van der Waals surface area contributed by atoms with E-state index in [-0.39, 0.29) is 5.75 Å². The second kappa shape index (κ2) is 9.41. The van der Waals surface area contributed by atoms with Crippen molar-refractivity contribution < 1.29 is 22.7 Å². The molecule has 0 aliphatic rings. The van der Waals surface area contributed by atoms with Gasteiger partial charge in [0.2, 0.25) is 5.91 Å². The molecule has 1 amide bonds. The summed E-state index contributed by atoms with van der Waals surface area (Å²) in [4.78, 5) is 11.5. The van der Waals surface area contributed by atoms with E-state index in [0.717, 1.165) is 11.1 Å². The number of hydrogen-bond donors (Lipinski definition) is 1. The average molecular weight is 391 g/mol. The zero-order valence-corrected chi connectivity index (χ0v) is 16.6. The van der Waals surface area contributed by atoms with E-state index in [0.29, 0.717) is 30.2 Å². The Bertz CT molecular complexity index is 876. The number of ether oxygens (including phenoxy) is 2. The second-order valence-electron chi connectivity index (χ2n) is 5.98. The van der Waals surface area contributed by atoms with Gasteiger partial charge in [-0.1, -0.05) is 30.3 Å². The maximum absolute atomic E-state index is 12.1. The van der Waals surface area contributed by atoms with Crippen LogP contribution in [0.25, 0.3) is 11.1 Å². The van der Waals surface area contributed by atoms with Crippen molar-refractivity contribution in [2.75, 3.05) is 26.0 Å². The number of carbonyl (C=O) groups is 1. The summed E-state index contributed by atoms with van der Waals surface area (Å²) in [6.45, 7) is 4.60. The van der Waals surface area contributed by atoms with Crippen LogP contribution < -0.4 is 14.8 Å². The first-order valence-corrected chi connectivity index (χ1v) is 10.6. The number of hydrogen-bond acceptors (Lipinski definition) is 5. The molecule has 27 heavy (non-hydrogen) atoms. The van der Waals surface area contributed by atoms with Crippen molar-refractivity contribution in [3.05, 3.63) is 48.0 Å². The predicted octanol–water partition coefficient (Wildman–Crippen LogP) is 2.81. The van der Waals surface area contributed by atoms with Crippen molar-refractivity contribution in [2.45, 2.75) is 19.6 Å². The SMILES string of the molecule is CCNC(=O)CS(=O)(=O)Cc1ccc(-c2ccc(OC)c(OCC)c2)cc1. The topological polar surface area (TPSA) is 81.7 Å². The van der Waals surface area contributed by atoms with Crippen molar-refractivity contribution in [1.29, 1.82) is 0 Å². The van der Waals surface area contributed by atoms with Crippen LogP contribution in [0.4, 0.5) is 0 Å². The molecule has 2 aromatic rings. The monoisotopic (exact) mass is 391 g/mol. The number of nitrogens with one attached hydrogen (secondary N) is 1. The molecular formula is C20H25NO5S. The van der Waals surface area contributed by atoms with Crippen molar-refractivity contribution >= 4 is 15.7 Å². The van der Waals surface area contributed by atoms with Gasteiger partial charge in [0.1, 0.15) is 5.75 Å². The van der Waals surface area contributed by atoms with Crippen molar-refractivity contribution in [3.8, 4) is 22.6 Å². The fourth-order valence-electron chi connectivity index (χ4n) is 2.67. The highest BCUT2D eigenvalue weighted by molar-refractivity contribution is 7.91. The predicted molar refractivity (Wildman–Crippen MR) is 106 cm³/mol. The quantitative estimate of drug-likeness (QED) is 0.711. The molecule has 1 N–H and O–H groups in total. The highest BCUT2D eigenvalue weighted by Crippen LogP contribution is 2.32. The van der Waals surface area contributed by atoms with E-state index in [1.165, 1.54) is 0 Å². The molecule has 0 unspecified atom stereocenters. The third kappa shape index (κ3) is 5.99.